The monoisotopic (exact) mass is 431 g/mol. The zero-order valence-electron chi connectivity index (χ0n) is 15.3. The normalized spacial score (nSPS) is 15.0. The van der Waals surface area contributed by atoms with E-state index in [9.17, 15) is 34.2 Å². The van der Waals surface area contributed by atoms with Crippen molar-refractivity contribution in [2.45, 2.75) is 0 Å². The van der Waals surface area contributed by atoms with Crippen molar-refractivity contribution >= 4 is 46.9 Å². The third-order valence-corrected chi connectivity index (χ3v) is 4.91. The Kier molecular flexibility index (Phi) is 5.74. The predicted molar refractivity (Wildman–Crippen MR) is 103 cm³/mol. The van der Waals surface area contributed by atoms with E-state index < -0.39 is 35.6 Å². The summed E-state index contributed by atoms with van der Waals surface area (Å²) in [6.07, 6.45) is 1.30. The second-order valence-corrected chi connectivity index (χ2v) is 6.95. The van der Waals surface area contributed by atoms with E-state index in [-0.39, 0.29) is 33.1 Å². The van der Waals surface area contributed by atoms with Crippen molar-refractivity contribution < 1.29 is 43.3 Å². The van der Waals surface area contributed by atoms with Gasteiger partial charge in [0.25, 0.3) is 11.1 Å². The first-order chi connectivity index (χ1) is 14.2. The van der Waals surface area contributed by atoms with Gasteiger partial charge in [-0.05, 0) is 42.1 Å². The minimum Gasteiger partial charge on any atom is -0.478 e. The summed E-state index contributed by atoms with van der Waals surface area (Å²) in [5.41, 5.74) is -0.246. The number of methoxy groups -OCH3 is 1. The number of furan rings is 1. The maximum absolute atomic E-state index is 12.3. The molecule has 0 aliphatic carbocycles. The maximum Gasteiger partial charge on any atom is 0.335 e. The van der Waals surface area contributed by atoms with Gasteiger partial charge in [-0.1, -0.05) is 0 Å². The Morgan fingerprint density at radius 3 is 2.30 bits per heavy atom. The number of carbonyl (C=O) groups excluding carboxylic acids is 3. The predicted octanol–water partition coefficient (Wildman–Crippen LogP) is 2.55. The van der Waals surface area contributed by atoms with Gasteiger partial charge >= 0.3 is 17.9 Å². The van der Waals surface area contributed by atoms with Crippen molar-refractivity contribution in [1.82, 2.24) is 4.90 Å². The smallest absolute Gasteiger partial charge is 0.335 e. The average Bonchev–Trinajstić information content (AvgIpc) is 3.28. The summed E-state index contributed by atoms with van der Waals surface area (Å²) in [4.78, 5) is 58.9. The number of hydrogen-bond acceptors (Lipinski definition) is 8. The van der Waals surface area contributed by atoms with E-state index in [1.807, 2.05) is 0 Å². The van der Waals surface area contributed by atoms with Gasteiger partial charge in [-0.15, -0.1) is 0 Å². The van der Waals surface area contributed by atoms with Crippen LogP contribution in [0.4, 0.5) is 4.79 Å². The Balaban J connectivity index is 1.90. The highest BCUT2D eigenvalue weighted by atomic mass is 32.2. The zero-order chi connectivity index (χ0) is 22.0. The fourth-order valence-electron chi connectivity index (χ4n) is 2.56. The van der Waals surface area contributed by atoms with Gasteiger partial charge in [-0.25, -0.2) is 9.59 Å². The number of benzene rings is 1. The van der Waals surface area contributed by atoms with Crippen LogP contribution in [0.1, 0.15) is 26.5 Å². The van der Waals surface area contributed by atoms with Crippen molar-refractivity contribution in [3.05, 3.63) is 52.1 Å². The molecule has 30 heavy (non-hydrogen) atoms. The van der Waals surface area contributed by atoms with Gasteiger partial charge in [0.15, 0.2) is 0 Å². The molecule has 3 rings (SSSR count). The fourth-order valence-corrected chi connectivity index (χ4v) is 3.38. The molecule has 0 bridgehead atoms. The van der Waals surface area contributed by atoms with Crippen molar-refractivity contribution in [3.63, 3.8) is 0 Å². The van der Waals surface area contributed by atoms with Crippen LogP contribution in [0.25, 0.3) is 17.4 Å². The van der Waals surface area contributed by atoms with E-state index in [0.717, 1.165) is 18.1 Å². The van der Waals surface area contributed by atoms with Gasteiger partial charge in [-0.3, -0.25) is 19.3 Å². The van der Waals surface area contributed by atoms with Gasteiger partial charge in [0.1, 0.15) is 18.1 Å². The molecule has 2 aromatic rings. The Hall–Kier alpha value is -3.86. The van der Waals surface area contributed by atoms with E-state index in [1.165, 1.54) is 30.3 Å². The number of thioether (sulfide) groups is 1. The number of carboxylic acid groups (broad SMARTS) is 2. The molecule has 0 unspecified atom stereocenters. The molecular formula is C19H13NO9S. The standard InChI is InChI=1S/C19H13NO9S/c1-28-15(21)8-20-16(22)14(30-19(20)27)7-12-2-3-13(29-12)9-4-10(17(23)24)6-11(5-9)18(25)26/h2-7H,8H2,1H3,(H,23,24)(H,25,26)/b14-7+. The van der Waals surface area contributed by atoms with E-state index in [1.54, 1.807) is 0 Å². The average molecular weight is 431 g/mol. The summed E-state index contributed by atoms with van der Waals surface area (Å²) in [5, 5.41) is 17.7. The second-order valence-electron chi connectivity index (χ2n) is 5.96. The molecule has 154 valence electrons. The molecule has 1 aromatic carbocycles. The number of imide groups is 1. The number of rotatable bonds is 6. The molecule has 1 aliphatic heterocycles. The summed E-state index contributed by atoms with van der Waals surface area (Å²) in [5.74, 6) is -3.69. The summed E-state index contributed by atoms with van der Waals surface area (Å²) < 4.78 is 10.0. The number of esters is 1. The first kappa shape index (κ1) is 20.9. The number of ether oxygens (including phenoxy) is 1. The molecule has 0 radical (unpaired) electrons. The lowest BCUT2D eigenvalue weighted by molar-refractivity contribution is -0.143. The van der Waals surface area contributed by atoms with Crippen LogP contribution in [-0.4, -0.2) is 57.8 Å². The van der Waals surface area contributed by atoms with Gasteiger partial charge in [0.05, 0.1) is 23.1 Å². The lowest BCUT2D eigenvalue weighted by atomic mass is 10.0. The SMILES string of the molecule is COC(=O)CN1C(=O)S/C(=C/c2ccc(-c3cc(C(=O)O)cc(C(=O)O)c3)o2)C1=O. The first-order valence-corrected chi connectivity index (χ1v) is 9.05. The van der Waals surface area contributed by atoms with Crippen LogP contribution >= 0.6 is 11.8 Å². The van der Waals surface area contributed by atoms with E-state index in [0.29, 0.717) is 11.8 Å². The summed E-state index contributed by atoms with van der Waals surface area (Å²) in [7, 11) is 1.14. The molecular weight excluding hydrogens is 418 g/mol. The molecule has 2 amide bonds. The molecule has 1 aromatic heterocycles. The summed E-state index contributed by atoms with van der Waals surface area (Å²) >= 11 is 0.622. The van der Waals surface area contributed by atoms with Crippen LogP contribution in [0.5, 0.6) is 0 Å². The molecule has 11 heteroatoms. The molecule has 0 saturated carbocycles. The Labute approximate surface area is 172 Å². The van der Waals surface area contributed by atoms with Crippen molar-refractivity contribution in [2.75, 3.05) is 13.7 Å². The van der Waals surface area contributed by atoms with Crippen LogP contribution < -0.4 is 0 Å². The largest absolute Gasteiger partial charge is 0.478 e. The Morgan fingerprint density at radius 1 is 1.10 bits per heavy atom. The summed E-state index contributed by atoms with van der Waals surface area (Å²) in [6, 6.07) is 6.47. The lowest BCUT2D eigenvalue weighted by Crippen LogP contribution is -2.34. The van der Waals surface area contributed by atoms with Crippen molar-refractivity contribution in [2.24, 2.45) is 0 Å². The highest BCUT2D eigenvalue weighted by Crippen LogP contribution is 2.33. The summed E-state index contributed by atoms with van der Waals surface area (Å²) in [6.45, 7) is -0.512. The number of carbonyl (C=O) groups is 5. The molecule has 1 aliphatic rings. The van der Waals surface area contributed by atoms with Crippen LogP contribution in [0.2, 0.25) is 0 Å². The Bertz CT molecular complexity index is 1080. The van der Waals surface area contributed by atoms with Gasteiger partial charge in [0, 0.05) is 11.6 Å². The minimum atomic E-state index is -1.30. The highest BCUT2D eigenvalue weighted by Gasteiger charge is 2.36. The number of hydrogen-bond donors (Lipinski definition) is 2. The molecule has 1 saturated heterocycles. The topological polar surface area (TPSA) is 151 Å². The van der Waals surface area contributed by atoms with E-state index in [4.69, 9.17) is 4.42 Å². The number of nitrogens with zero attached hydrogens (tertiary/aromatic N) is 1. The lowest BCUT2D eigenvalue weighted by Gasteiger charge is -2.09. The maximum atomic E-state index is 12.3. The highest BCUT2D eigenvalue weighted by molar-refractivity contribution is 8.18. The first-order valence-electron chi connectivity index (χ1n) is 8.23. The molecule has 2 N–H and O–H groups in total. The fraction of sp³-hybridized carbons (Fsp3) is 0.105. The number of carboxylic acids is 2. The second kappa shape index (κ2) is 8.25. The van der Waals surface area contributed by atoms with Crippen molar-refractivity contribution in [3.8, 4) is 11.3 Å². The minimum absolute atomic E-state index is 0.0234. The van der Waals surface area contributed by atoms with Gasteiger partial charge in [0.2, 0.25) is 0 Å². The number of aromatic carboxylic acids is 2. The van der Waals surface area contributed by atoms with Crippen LogP contribution in [0.3, 0.4) is 0 Å². The third kappa shape index (κ3) is 4.25. The molecule has 1 fully saturated rings. The molecule has 0 spiro atoms. The Morgan fingerprint density at radius 2 is 1.73 bits per heavy atom. The van der Waals surface area contributed by atoms with Crippen LogP contribution in [0, 0.1) is 0 Å². The van der Waals surface area contributed by atoms with Gasteiger partial charge < -0.3 is 19.4 Å². The van der Waals surface area contributed by atoms with Crippen molar-refractivity contribution in [1.29, 1.82) is 0 Å². The zero-order valence-corrected chi connectivity index (χ0v) is 16.1. The number of amides is 2. The van der Waals surface area contributed by atoms with Crippen LogP contribution in [-0.2, 0) is 14.3 Å². The molecule has 2 heterocycles. The van der Waals surface area contributed by atoms with E-state index in [2.05, 4.69) is 4.74 Å². The molecule has 10 nitrogen and oxygen atoms in total. The van der Waals surface area contributed by atoms with Gasteiger partial charge in [-0.2, -0.15) is 0 Å². The third-order valence-electron chi connectivity index (χ3n) is 4.00. The van der Waals surface area contributed by atoms with E-state index >= 15 is 0 Å². The quantitative estimate of drug-likeness (QED) is 0.515. The molecule has 0 atom stereocenters. The van der Waals surface area contributed by atoms with Crippen LogP contribution in [0.15, 0.2) is 39.7 Å².